The Morgan fingerprint density at radius 2 is 1.41 bits per heavy atom. The highest BCUT2D eigenvalue weighted by Gasteiger charge is 2.41. The van der Waals surface area contributed by atoms with E-state index in [1.165, 1.54) is 0 Å². The summed E-state index contributed by atoms with van der Waals surface area (Å²) in [6.07, 6.45) is 0.169. The minimum Gasteiger partial charge on any atom is -0.497 e. The number of rotatable bonds is 5. The lowest BCUT2D eigenvalue weighted by Crippen LogP contribution is -2.36. The maximum atomic E-state index is 12.5. The van der Waals surface area contributed by atoms with Gasteiger partial charge in [0.25, 0.3) is 0 Å². The van der Waals surface area contributed by atoms with Gasteiger partial charge in [-0.2, -0.15) is 0 Å². The minimum absolute atomic E-state index is 0.169. The fraction of sp³-hybridized carbons (Fsp3) is 0.125. The molecule has 0 bridgehead atoms. The quantitative estimate of drug-likeness (QED) is 0.684. The zero-order valence-corrected chi connectivity index (χ0v) is 15.1. The first kappa shape index (κ1) is 18.3. The molecule has 1 N–H and O–H groups in total. The van der Waals surface area contributed by atoms with Crippen LogP contribution in [0.5, 0.6) is 5.75 Å². The zero-order chi connectivity index (χ0) is 19.1. The molecule has 0 heterocycles. The summed E-state index contributed by atoms with van der Waals surface area (Å²) in [6, 6.07) is 25.9. The third-order valence-corrected chi connectivity index (χ3v) is 4.57. The van der Waals surface area contributed by atoms with Crippen LogP contribution >= 0.6 is 0 Å². The topological polar surface area (TPSA) is 46.5 Å². The summed E-state index contributed by atoms with van der Waals surface area (Å²) in [4.78, 5) is 12.5. The van der Waals surface area contributed by atoms with E-state index in [-0.39, 0.29) is 6.42 Å². The molecule has 27 heavy (non-hydrogen) atoms. The van der Waals surface area contributed by atoms with Crippen molar-refractivity contribution < 1.29 is 14.6 Å². The SMILES string of the molecule is COc1ccc(C#CCC(C(=O)O)(c2ccccc2)c2ccccc2)cc1. The Labute approximate surface area is 159 Å². The summed E-state index contributed by atoms with van der Waals surface area (Å²) in [6.45, 7) is 0. The molecule has 0 aliphatic carbocycles. The molecular weight excluding hydrogens is 336 g/mol. The molecule has 3 heteroatoms. The molecule has 0 atom stereocenters. The molecule has 3 nitrogen and oxygen atoms in total. The summed E-state index contributed by atoms with van der Waals surface area (Å²) in [5.41, 5.74) is 1.03. The van der Waals surface area contributed by atoms with Gasteiger partial charge in [0, 0.05) is 12.0 Å². The first-order valence-corrected chi connectivity index (χ1v) is 8.64. The fourth-order valence-corrected chi connectivity index (χ4v) is 3.09. The van der Waals surface area contributed by atoms with E-state index in [0.29, 0.717) is 11.1 Å². The third kappa shape index (κ3) is 3.86. The van der Waals surface area contributed by atoms with E-state index in [0.717, 1.165) is 11.3 Å². The average molecular weight is 356 g/mol. The van der Waals surface area contributed by atoms with Crippen molar-refractivity contribution in [2.75, 3.05) is 7.11 Å². The van der Waals surface area contributed by atoms with E-state index in [4.69, 9.17) is 4.74 Å². The van der Waals surface area contributed by atoms with E-state index < -0.39 is 11.4 Å². The second-order valence-corrected chi connectivity index (χ2v) is 6.15. The van der Waals surface area contributed by atoms with Gasteiger partial charge in [-0.05, 0) is 35.4 Å². The molecule has 0 saturated carbocycles. The second-order valence-electron chi connectivity index (χ2n) is 6.15. The van der Waals surface area contributed by atoms with Crippen LogP contribution in [0, 0.1) is 11.8 Å². The van der Waals surface area contributed by atoms with Crippen molar-refractivity contribution in [3.05, 3.63) is 102 Å². The number of carbonyl (C=O) groups is 1. The van der Waals surface area contributed by atoms with Gasteiger partial charge >= 0.3 is 5.97 Å². The first-order chi connectivity index (χ1) is 13.2. The molecule has 0 aliphatic heterocycles. The number of hydrogen-bond donors (Lipinski definition) is 1. The summed E-state index contributed by atoms with van der Waals surface area (Å²) in [5, 5.41) is 10.2. The lowest BCUT2D eigenvalue weighted by molar-refractivity contribution is -0.142. The average Bonchev–Trinajstić information content (AvgIpc) is 2.73. The maximum absolute atomic E-state index is 12.5. The standard InChI is InChI=1S/C24H20O3/c1-27-22-16-14-19(15-17-22)9-8-18-24(23(25)26,20-10-4-2-5-11-20)21-12-6-3-7-13-21/h2-7,10-17H,18H2,1H3,(H,25,26). The van der Waals surface area contributed by atoms with Crippen LogP contribution in [0.2, 0.25) is 0 Å². The van der Waals surface area contributed by atoms with Crippen molar-refractivity contribution in [2.45, 2.75) is 11.8 Å². The van der Waals surface area contributed by atoms with E-state index >= 15 is 0 Å². The van der Waals surface area contributed by atoms with Crippen molar-refractivity contribution in [3.63, 3.8) is 0 Å². The molecule has 0 unspecified atom stereocenters. The monoisotopic (exact) mass is 356 g/mol. The molecule has 3 rings (SSSR count). The molecule has 3 aromatic rings. The van der Waals surface area contributed by atoms with Crippen LogP contribution in [0.15, 0.2) is 84.9 Å². The Hall–Kier alpha value is -3.51. The van der Waals surface area contributed by atoms with Crippen LogP contribution < -0.4 is 4.74 Å². The minimum atomic E-state index is -1.22. The van der Waals surface area contributed by atoms with Gasteiger partial charge in [-0.15, -0.1) is 0 Å². The molecule has 134 valence electrons. The summed E-state index contributed by atoms with van der Waals surface area (Å²) in [5.74, 6) is 6.01. The molecule has 0 spiro atoms. The van der Waals surface area contributed by atoms with E-state index in [1.807, 2.05) is 84.9 Å². The predicted octanol–water partition coefficient (Wildman–Crippen LogP) is 4.51. The molecule has 0 aliphatic rings. The van der Waals surface area contributed by atoms with E-state index in [1.54, 1.807) is 7.11 Å². The predicted molar refractivity (Wildman–Crippen MR) is 106 cm³/mol. The Bertz CT molecular complexity index is 910. The van der Waals surface area contributed by atoms with Crippen LogP contribution in [0.25, 0.3) is 0 Å². The largest absolute Gasteiger partial charge is 0.497 e. The smallest absolute Gasteiger partial charge is 0.319 e. The van der Waals surface area contributed by atoms with Gasteiger partial charge in [0.15, 0.2) is 0 Å². The number of aliphatic carboxylic acids is 1. The summed E-state index contributed by atoms with van der Waals surface area (Å²) >= 11 is 0. The van der Waals surface area contributed by atoms with Crippen LogP contribution in [0.3, 0.4) is 0 Å². The van der Waals surface area contributed by atoms with Gasteiger partial charge in [-0.3, -0.25) is 4.79 Å². The number of hydrogen-bond acceptors (Lipinski definition) is 2. The molecular formula is C24H20O3. The second kappa shape index (κ2) is 8.25. The maximum Gasteiger partial charge on any atom is 0.319 e. The molecule has 3 aromatic carbocycles. The van der Waals surface area contributed by atoms with Gasteiger partial charge in [-0.1, -0.05) is 72.5 Å². The van der Waals surface area contributed by atoms with Gasteiger partial charge in [-0.25, -0.2) is 0 Å². The first-order valence-electron chi connectivity index (χ1n) is 8.64. The number of carboxylic acids is 1. The summed E-state index contributed by atoms with van der Waals surface area (Å²) in [7, 11) is 1.61. The van der Waals surface area contributed by atoms with Crippen molar-refractivity contribution >= 4 is 5.97 Å². The van der Waals surface area contributed by atoms with Crippen LogP contribution in [-0.4, -0.2) is 18.2 Å². The molecule has 0 saturated heterocycles. The van der Waals surface area contributed by atoms with Crippen molar-refractivity contribution in [1.29, 1.82) is 0 Å². The number of ether oxygens (including phenoxy) is 1. The lowest BCUT2D eigenvalue weighted by atomic mass is 9.72. The molecule has 0 radical (unpaired) electrons. The Morgan fingerprint density at radius 1 is 0.889 bits per heavy atom. The van der Waals surface area contributed by atoms with Crippen molar-refractivity contribution in [2.24, 2.45) is 0 Å². The van der Waals surface area contributed by atoms with Gasteiger partial charge in [0.05, 0.1) is 7.11 Å². The summed E-state index contributed by atoms with van der Waals surface area (Å²) < 4.78 is 5.15. The lowest BCUT2D eigenvalue weighted by Gasteiger charge is -2.28. The zero-order valence-electron chi connectivity index (χ0n) is 15.1. The highest BCUT2D eigenvalue weighted by atomic mass is 16.5. The number of benzene rings is 3. The van der Waals surface area contributed by atoms with Crippen molar-refractivity contribution in [3.8, 4) is 17.6 Å². The molecule has 0 fully saturated rings. The fourth-order valence-electron chi connectivity index (χ4n) is 3.09. The van der Waals surface area contributed by atoms with Gasteiger partial charge in [0.1, 0.15) is 11.2 Å². The number of methoxy groups -OCH3 is 1. The van der Waals surface area contributed by atoms with E-state index in [2.05, 4.69) is 11.8 Å². The van der Waals surface area contributed by atoms with Crippen molar-refractivity contribution in [1.82, 2.24) is 0 Å². The highest BCUT2D eigenvalue weighted by Crippen LogP contribution is 2.36. The van der Waals surface area contributed by atoms with Crippen LogP contribution in [0.4, 0.5) is 0 Å². The normalized spacial score (nSPS) is 10.6. The van der Waals surface area contributed by atoms with Gasteiger partial charge in [0.2, 0.25) is 0 Å². The van der Waals surface area contributed by atoms with Crippen LogP contribution in [-0.2, 0) is 10.2 Å². The Kier molecular flexibility index (Phi) is 5.58. The Morgan fingerprint density at radius 3 is 1.85 bits per heavy atom. The molecule has 0 aromatic heterocycles. The highest BCUT2D eigenvalue weighted by molar-refractivity contribution is 5.86. The van der Waals surface area contributed by atoms with Crippen LogP contribution in [0.1, 0.15) is 23.1 Å². The Balaban J connectivity index is 2.03. The van der Waals surface area contributed by atoms with E-state index in [9.17, 15) is 9.90 Å². The number of carboxylic acid groups (broad SMARTS) is 1. The molecule has 0 amide bonds. The third-order valence-electron chi connectivity index (χ3n) is 4.57. The van der Waals surface area contributed by atoms with Gasteiger partial charge < -0.3 is 9.84 Å².